The van der Waals surface area contributed by atoms with Crippen LogP contribution in [0.2, 0.25) is 0 Å². The van der Waals surface area contributed by atoms with Crippen LogP contribution in [0.3, 0.4) is 0 Å². The van der Waals surface area contributed by atoms with E-state index in [1.165, 1.54) is 88.4 Å². The second kappa shape index (κ2) is 11.9. The minimum atomic E-state index is -1.01. The Labute approximate surface area is 193 Å². The van der Waals surface area contributed by atoms with E-state index in [1.807, 2.05) is 0 Å². The van der Waals surface area contributed by atoms with Crippen molar-refractivity contribution in [2.75, 3.05) is 33.2 Å². The highest BCUT2D eigenvalue weighted by Gasteiger charge is 2.23. The van der Waals surface area contributed by atoms with E-state index in [9.17, 15) is 9.59 Å². The molecule has 0 radical (unpaired) electrons. The van der Waals surface area contributed by atoms with E-state index < -0.39 is 12.0 Å². The van der Waals surface area contributed by atoms with Gasteiger partial charge in [-0.15, -0.1) is 11.3 Å². The van der Waals surface area contributed by atoms with Gasteiger partial charge in [0.1, 0.15) is 10.9 Å². The van der Waals surface area contributed by atoms with E-state index in [0.717, 1.165) is 29.1 Å². The van der Waals surface area contributed by atoms with Gasteiger partial charge in [-0.25, -0.2) is 4.98 Å². The molecule has 1 saturated heterocycles. The number of nitrogens with one attached hydrogen (secondary N) is 1. The Bertz CT molecular complexity index is 927. The molecule has 1 amide bonds. The van der Waals surface area contributed by atoms with Crippen LogP contribution in [-0.2, 0) is 17.6 Å². The number of nitrogens with zero attached hydrogens (tertiary/aromatic N) is 3. The third-order valence-corrected chi connectivity index (χ3v) is 7.75. The molecule has 4 N–H and O–H groups in total. The molecule has 0 bridgehead atoms. The van der Waals surface area contributed by atoms with Crippen molar-refractivity contribution >= 4 is 27.5 Å². The largest absolute Gasteiger partial charge is 0.384 e. The molecule has 5 rings (SSSR count). The standard InChI is InChI=1S/C11H22N2.C9H8N2OS.C3H7NO2/c1-12-7-9-13(10-8-12)11-5-3-2-4-6-11;12-8-7-5-2-1-3-6(5)13-9(7)11-4-10-8;1-2(5)3(4)6/h11H,2-10H2,1H3;4H,1-3H2,(H,10,11,12);2,5H,1H3,(H2,4,6). The summed E-state index contributed by atoms with van der Waals surface area (Å²) in [6.45, 7) is 6.48. The van der Waals surface area contributed by atoms with Gasteiger partial charge in [0.2, 0.25) is 5.91 Å². The first kappa shape index (κ1) is 24.8. The van der Waals surface area contributed by atoms with Crippen molar-refractivity contribution in [2.45, 2.75) is 70.4 Å². The Kier molecular flexibility index (Phi) is 9.22. The molecule has 9 heteroatoms. The zero-order chi connectivity index (χ0) is 23.1. The number of aliphatic hydroxyl groups is 1. The third-order valence-electron chi connectivity index (χ3n) is 6.55. The first-order valence-corrected chi connectivity index (χ1v) is 12.6. The fourth-order valence-electron chi connectivity index (χ4n) is 4.57. The van der Waals surface area contributed by atoms with Crippen LogP contribution in [0, 0.1) is 0 Å². The number of piperazine rings is 1. The number of aromatic amines is 1. The maximum atomic E-state index is 11.5. The minimum Gasteiger partial charge on any atom is -0.384 e. The minimum absolute atomic E-state index is 0.0180. The highest BCUT2D eigenvalue weighted by atomic mass is 32.1. The number of amides is 1. The number of hydrogen-bond acceptors (Lipinski definition) is 7. The van der Waals surface area contributed by atoms with Gasteiger partial charge in [0.15, 0.2) is 0 Å². The smallest absolute Gasteiger partial charge is 0.259 e. The van der Waals surface area contributed by atoms with Crippen LogP contribution in [0.1, 0.15) is 55.9 Å². The summed E-state index contributed by atoms with van der Waals surface area (Å²) in [6, 6.07) is 0.933. The quantitative estimate of drug-likeness (QED) is 0.626. The normalized spacial score (nSPS) is 20.6. The number of hydrogen-bond donors (Lipinski definition) is 3. The van der Waals surface area contributed by atoms with Crippen molar-refractivity contribution in [3.63, 3.8) is 0 Å². The number of aliphatic hydroxyl groups excluding tert-OH is 1. The van der Waals surface area contributed by atoms with Gasteiger partial charge in [-0.05, 0) is 51.6 Å². The number of carbonyl (C=O) groups excluding carboxylic acids is 1. The summed E-state index contributed by atoms with van der Waals surface area (Å²) in [5, 5.41) is 8.99. The van der Waals surface area contributed by atoms with Crippen LogP contribution in [0.25, 0.3) is 10.2 Å². The highest BCUT2D eigenvalue weighted by Crippen LogP contribution is 2.34. The molecular formula is C23H37N5O3S. The molecule has 2 fully saturated rings. The molecular weight excluding hydrogens is 426 g/mol. The topological polar surface area (TPSA) is 116 Å². The van der Waals surface area contributed by atoms with Gasteiger partial charge in [-0.3, -0.25) is 14.5 Å². The molecule has 0 spiro atoms. The predicted molar refractivity (Wildman–Crippen MR) is 129 cm³/mol. The van der Waals surface area contributed by atoms with E-state index in [-0.39, 0.29) is 5.56 Å². The fourth-order valence-corrected chi connectivity index (χ4v) is 5.80. The summed E-state index contributed by atoms with van der Waals surface area (Å²) in [5.74, 6) is -0.685. The van der Waals surface area contributed by atoms with Gasteiger partial charge in [-0.1, -0.05) is 19.3 Å². The van der Waals surface area contributed by atoms with Gasteiger partial charge in [-0.2, -0.15) is 0 Å². The fraction of sp³-hybridized carbons (Fsp3) is 0.696. The summed E-state index contributed by atoms with van der Waals surface area (Å²) in [7, 11) is 2.23. The van der Waals surface area contributed by atoms with Crippen LogP contribution < -0.4 is 11.3 Å². The number of fused-ring (bicyclic) bond motifs is 3. The number of aryl methyl sites for hydroxylation is 2. The third kappa shape index (κ3) is 6.60. The van der Waals surface area contributed by atoms with E-state index in [4.69, 9.17) is 5.11 Å². The van der Waals surface area contributed by atoms with Crippen LogP contribution in [0.4, 0.5) is 0 Å². The van der Waals surface area contributed by atoms with Crippen molar-refractivity contribution in [2.24, 2.45) is 5.73 Å². The molecule has 1 unspecified atom stereocenters. The monoisotopic (exact) mass is 463 g/mol. The zero-order valence-corrected chi connectivity index (χ0v) is 20.1. The number of likely N-dealkylation sites (N-methyl/N-ethyl adjacent to an activating group) is 1. The first-order valence-electron chi connectivity index (χ1n) is 11.7. The van der Waals surface area contributed by atoms with Crippen LogP contribution in [0.15, 0.2) is 11.1 Å². The lowest BCUT2D eigenvalue weighted by molar-refractivity contribution is -0.125. The van der Waals surface area contributed by atoms with Gasteiger partial charge in [0.05, 0.1) is 11.7 Å². The van der Waals surface area contributed by atoms with E-state index in [0.29, 0.717) is 0 Å². The molecule has 1 aliphatic heterocycles. The van der Waals surface area contributed by atoms with E-state index in [1.54, 1.807) is 11.3 Å². The van der Waals surface area contributed by atoms with Crippen LogP contribution in [-0.4, -0.2) is 76.2 Å². The molecule has 178 valence electrons. The summed E-state index contributed by atoms with van der Waals surface area (Å²) in [5.41, 5.74) is 5.81. The second-order valence-corrected chi connectivity index (χ2v) is 10.1. The SMILES string of the molecule is CC(O)C(N)=O.CN1CCN(C2CCCCC2)CC1.O=c1[nH]cnc2sc3c(c12)CCC3. The maximum absolute atomic E-state index is 11.5. The van der Waals surface area contributed by atoms with Crippen molar-refractivity contribution in [3.05, 3.63) is 27.1 Å². The van der Waals surface area contributed by atoms with Crippen molar-refractivity contribution in [1.29, 1.82) is 0 Å². The molecule has 3 heterocycles. The lowest BCUT2D eigenvalue weighted by Gasteiger charge is -2.39. The van der Waals surface area contributed by atoms with Gasteiger partial charge < -0.3 is 20.7 Å². The number of rotatable bonds is 2. The predicted octanol–water partition coefficient (Wildman–Crippen LogP) is 1.89. The number of carbonyl (C=O) groups is 1. The summed E-state index contributed by atoms with van der Waals surface area (Å²) in [6.07, 6.45) is 11.2. The average Bonchev–Trinajstić information content (AvgIpc) is 3.37. The summed E-state index contributed by atoms with van der Waals surface area (Å²) in [4.78, 5) is 35.4. The number of aromatic nitrogens is 2. The Morgan fingerprint density at radius 2 is 1.84 bits per heavy atom. The zero-order valence-electron chi connectivity index (χ0n) is 19.3. The van der Waals surface area contributed by atoms with Gasteiger partial charge in [0.25, 0.3) is 5.56 Å². The molecule has 2 aromatic heterocycles. The Balaban J connectivity index is 0.000000146. The molecule has 1 atom stereocenters. The highest BCUT2D eigenvalue weighted by molar-refractivity contribution is 7.18. The Morgan fingerprint density at radius 3 is 2.47 bits per heavy atom. The maximum Gasteiger partial charge on any atom is 0.259 e. The molecule has 8 nitrogen and oxygen atoms in total. The first-order chi connectivity index (χ1) is 15.4. The lowest BCUT2D eigenvalue weighted by atomic mass is 9.94. The van der Waals surface area contributed by atoms with Gasteiger partial charge in [0, 0.05) is 37.1 Å². The van der Waals surface area contributed by atoms with E-state index in [2.05, 4.69) is 32.5 Å². The van der Waals surface area contributed by atoms with Crippen molar-refractivity contribution in [3.8, 4) is 0 Å². The summed E-state index contributed by atoms with van der Waals surface area (Å²) >= 11 is 1.67. The van der Waals surface area contributed by atoms with Crippen molar-refractivity contribution in [1.82, 2.24) is 19.8 Å². The molecule has 3 aliphatic rings. The molecule has 2 aliphatic carbocycles. The van der Waals surface area contributed by atoms with Crippen LogP contribution >= 0.6 is 11.3 Å². The Hall–Kier alpha value is -1.81. The second-order valence-electron chi connectivity index (χ2n) is 8.98. The van der Waals surface area contributed by atoms with Gasteiger partial charge >= 0.3 is 0 Å². The lowest BCUT2D eigenvalue weighted by Crippen LogP contribution is -2.49. The molecule has 1 saturated carbocycles. The molecule has 32 heavy (non-hydrogen) atoms. The van der Waals surface area contributed by atoms with Crippen LogP contribution in [0.5, 0.6) is 0 Å². The van der Waals surface area contributed by atoms with E-state index >= 15 is 0 Å². The number of nitrogens with two attached hydrogens (primary N) is 1. The number of H-pyrrole nitrogens is 1. The number of primary amides is 1. The molecule has 2 aromatic rings. The number of thiophene rings is 1. The average molecular weight is 464 g/mol. The Morgan fingerprint density at radius 1 is 1.19 bits per heavy atom. The summed E-state index contributed by atoms with van der Waals surface area (Å²) < 4.78 is 0. The van der Waals surface area contributed by atoms with Crippen molar-refractivity contribution < 1.29 is 9.90 Å². The molecule has 0 aromatic carbocycles.